The number of hydrogen-bond donors (Lipinski definition) is 1. The minimum Gasteiger partial charge on any atom is -0.454 e. The maximum absolute atomic E-state index is 12.5. The van der Waals surface area contributed by atoms with E-state index in [9.17, 15) is 13.2 Å². The van der Waals surface area contributed by atoms with Crippen LogP contribution in [0.4, 0.5) is 0 Å². The van der Waals surface area contributed by atoms with Gasteiger partial charge in [-0.3, -0.25) is 4.79 Å². The largest absolute Gasteiger partial charge is 0.454 e. The Hall–Kier alpha value is -3.40. The van der Waals surface area contributed by atoms with Gasteiger partial charge in [-0.1, -0.05) is 12.1 Å². The number of fused-ring (bicyclic) bond motifs is 2. The van der Waals surface area contributed by atoms with Gasteiger partial charge in [0.15, 0.2) is 17.3 Å². The van der Waals surface area contributed by atoms with E-state index in [2.05, 4.69) is 14.8 Å². The normalized spacial score (nSPS) is 16.0. The van der Waals surface area contributed by atoms with Crippen LogP contribution in [0.15, 0.2) is 56.9 Å². The van der Waals surface area contributed by atoms with Crippen LogP contribution in [0.3, 0.4) is 0 Å². The quantitative estimate of drug-likeness (QED) is 0.547. The summed E-state index contributed by atoms with van der Waals surface area (Å²) in [6.45, 7) is 5.99. The molecule has 1 N–H and O–H groups in total. The summed E-state index contributed by atoms with van der Waals surface area (Å²) >= 11 is 0. The molecule has 0 fully saturated rings. The number of carbonyl (C=O) groups excluding carboxylic acids is 1. The fourth-order valence-corrected chi connectivity index (χ4v) is 4.52. The van der Waals surface area contributed by atoms with Crippen molar-refractivity contribution in [2.45, 2.75) is 37.6 Å². The summed E-state index contributed by atoms with van der Waals surface area (Å²) in [5.74, 6) is 1.27. The number of amides is 1. The van der Waals surface area contributed by atoms with Crippen LogP contribution in [0.1, 0.15) is 38.3 Å². The average molecular weight is 457 g/mol. The summed E-state index contributed by atoms with van der Waals surface area (Å²) in [7, 11) is -3.82. The first-order valence-corrected chi connectivity index (χ1v) is 11.5. The third kappa shape index (κ3) is 4.75. The molecular formula is C22H24N4O5S. The fraction of sp³-hybridized carbons (Fsp3) is 0.318. The highest BCUT2D eigenvalue weighted by molar-refractivity contribution is 7.90. The Morgan fingerprint density at radius 2 is 1.94 bits per heavy atom. The predicted molar refractivity (Wildman–Crippen MR) is 120 cm³/mol. The zero-order chi connectivity index (χ0) is 22.9. The molecule has 0 saturated heterocycles. The number of hydrazone groups is 1. The predicted octanol–water partition coefficient (Wildman–Crippen LogP) is 2.51. The number of amidine groups is 1. The second-order valence-electron chi connectivity index (χ2n) is 8.41. The zero-order valence-corrected chi connectivity index (χ0v) is 18.8. The van der Waals surface area contributed by atoms with Crippen molar-refractivity contribution in [3.63, 3.8) is 0 Å². The fourth-order valence-electron chi connectivity index (χ4n) is 3.31. The van der Waals surface area contributed by atoms with E-state index < -0.39 is 10.0 Å². The Labute approximate surface area is 186 Å². The molecule has 0 radical (unpaired) electrons. The van der Waals surface area contributed by atoms with E-state index in [0.29, 0.717) is 17.1 Å². The Balaban J connectivity index is 1.62. The SMILES string of the molecule is CC(C)(C)NC(=O)CCN(/N=C\c1ccc2c(c1)OCO2)C1=NS(=O)(=O)c2ccccc21. The number of benzene rings is 2. The van der Waals surface area contributed by atoms with E-state index >= 15 is 0 Å². The lowest BCUT2D eigenvalue weighted by Gasteiger charge is -2.22. The smallest absolute Gasteiger partial charge is 0.285 e. The van der Waals surface area contributed by atoms with Crippen molar-refractivity contribution < 1.29 is 22.7 Å². The Morgan fingerprint density at radius 3 is 2.72 bits per heavy atom. The number of nitrogens with one attached hydrogen (secondary N) is 1. The molecule has 4 rings (SSSR count). The molecule has 9 nitrogen and oxygen atoms in total. The van der Waals surface area contributed by atoms with Crippen LogP contribution in [0.5, 0.6) is 11.5 Å². The minimum absolute atomic E-state index is 0.108. The molecule has 0 atom stereocenters. The van der Waals surface area contributed by atoms with Gasteiger partial charge in [0.05, 0.1) is 12.8 Å². The number of sulfonamides is 1. The summed E-state index contributed by atoms with van der Waals surface area (Å²) in [6, 6.07) is 11.9. The highest BCUT2D eigenvalue weighted by Gasteiger charge is 2.32. The summed E-state index contributed by atoms with van der Waals surface area (Å²) in [5.41, 5.74) is 0.804. The lowest BCUT2D eigenvalue weighted by molar-refractivity contribution is -0.122. The van der Waals surface area contributed by atoms with Gasteiger partial charge in [0.2, 0.25) is 12.7 Å². The first kappa shape index (κ1) is 21.8. The van der Waals surface area contributed by atoms with Gasteiger partial charge in [-0.25, -0.2) is 5.01 Å². The molecular weight excluding hydrogens is 432 g/mol. The standard InChI is InChI=1S/C22H24N4O5S/c1-22(2,3)24-20(27)10-11-26(21-16-6-4-5-7-19(16)32(28,29)25-21)23-13-15-8-9-17-18(12-15)31-14-30-17/h4-9,12-13H,10-11,14H2,1-3H3,(H,24,27)/b23-13-. The third-order valence-corrected chi connectivity index (χ3v) is 5.99. The van der Waals surface area contributed by atoms with Crippen molar-refractivity contribution in [2.75, 3.05) is 13.3 Å². The molecule has 1 amide bonds. The summed E-state index contributed by atoms with van der Waals surface area (Å²) in [6.07, 6.45) is 1.68. The van der Waals surface area contributed by atoms with Crippen LogP contribution in [0.25, 0.3) is 0 Å². The van der Waals surface area contributed by atoms with Crippen molar-refractivity contribution in [2.24, 2.45) is 9.50 Å². The van der Waals surface area contributed by atoms with Gasteiger partial charge in [0, 0.05) is 17.5 Å². The lowest BCUT2D eigenvalue weighted by Crippen LogP contribution is -2.42. The van der Waals surface area contributed by atoms with Gasteiger partial charge < -0.3 is 14.8 Å². The van der Waals surface area contributed by atoms with E-state index in [4.69, 9.17) is 9.47 Å². The molecule has 2 aliphatic heterocycles. The molecule has 2 aliphatic rings. The lowest BCUT2D eigenvalue weighted by atomic mass is 10.1. The molecule has 0 bridgehead atoms. The van der Waals surface area contributed by atoms with E-state index in [1.807, 2.05) is 26.8 Å². The van der Waals surface area contributed by atoms with Crippen LogP contribution in [-0.2, 0) is 14.8 Å². The van der Waals surface area contributed by atoms with Crippen LogP contribution in [0.2, 0.25) is 0 Å². The van der Waals surface area contributed by atoms with Crippen molar-refractivity contribution in [3.05, 3.63) is 53.6 Å². The molecule has 10 heteroatoms. The van der Waals surface area contributed by atoms with Gasteiger partial charge in [0.1, 0.15) is 4.90 Å². The molecule has 2 heterocycles. The first-order chi connectivity index (χ1) is 15.1. The minimum atomic E-state index is -3.82. The summed E-state index contributed by atoms with van der Waals surface area (Å²) in [4.78, 5) is 12.5. The highest BCUT2D eigenvalue weighted by Crippen LogP contribution is 2.32. The molecule has 168 valence electrons. The monoisotopic (exact) mass is 456 g/mol. The number of hydrogen-bond acceptors (Lipinski definition) is 7. The number of carbonyl (C=O) groups is 1. The maximum atomic E-state index is 12.5. The second kappa shape index (κ2) is 8.27. The topological polar surface area (TPSA) is 110 Å². The molecule has 2 aromatic carbocycles. The maximum Gasteiger partial charge on any atom is 0.285 e. The van der Waals surface area contributed by atoms with Crippen molar-refractivity contribution >= 4 is 28.0 Å². The second-order valence-corrected chi connectivity index (χ2v) is 9.99. The zero-order valence-electron chi connectivity index (χ0n) is 18.0. The van der Waals surface area contributed by atoms with Gasteiger partial charge in [-0.15, -0.1) is 4.40 Å². The Bertz CT molecular complexity index is 1220. The molecule has 0 aliphatic carbocycles. The summed E-state index contributed by atoms with van der Waals surface area (Å²) < 4.78 is 39.7. The van der Waals surface area contributed by atoms with Gasteiger partial charge in [-0.2, -0.15) is 13.5 Å². The highest BCUT2D eigenvalue weighted by atomic mass is 32.2. The van der Waals surface area contributed by atoms with E-state index in [1.165, 1.54) is 11.1 Å². The van der Waals surface area contributed by atoms with Gasteiger partial charge in [0.25, 0.3) is 10.0 Å². The van der Waals surface area contributed by atoms with Gasteiger partial charge >= 0.3 is 0 Å². The Morgan fingerprint density at radius 1 is 1.19 bits per heavy atom. The molecule has 0 saturated carbocycles. The molecule has 0 aromatic heterocycles. The molecule has 32 heavy (non-hydrogen) atoms. The van der Waals surface area contributed by atoms with Gasteiger partial charge in [-0.05, 0) is 56.7 Å². The average Bonchev–Trinajstić information content (AvgIpc) is 3.29. The molecule has 0 spiro atoms. The van der Waals surface area contributed by atoms with Crippen molar-refractivity contribution in [1.82, 2.24) is 10.3 Å². The Kier molecular flexibility index (Phi) is 5.64. The van der Waals surface area contributed by atoms with Crippen molar-refractivity contribution in [3.8, 4) is 11.5 Å². The number of rotatable bonds is 5. The summed E-state index contributed by atoms with van der Waals surface area (Å²) in [5, 5.41) is 8.81. The van der Waals surface area contributed by atoms with Crippen LogP contribution < -0.4 is 14.8 Å². The van der Waals surface area contributed by atoms with E-state index in [0.717, 1.165) is 5.56 Å². The van der Waals surface area contributed by atoms with Crippen LogP contribution in [-0.4, -0.2) is 50.3 Å². The number of ether oxygens (including phenoxy) is 2. The van der Waals surface area contributed by atoms with E-state index in [1.54, 1.807) is 36.5 Å². The first-order valence-electron chi connectivity index (χ1n) is 10.1. The van der Waals surface area contributed by atoms with Crippen molar-refractivity contribution in [1.29, 1.82) is 0 Å². The third-order valence-electron chi connectivity index (χ3n) is 4.66. The number of nitrogens with zero attached hydrogens (tertiary/aromatic N) is 3. The van der Waals surface area contributed by atoms with E-state index in [-0.39, 0.29) is 41.9 Å². The molecule has 0 unspecified atom stereocenters. The van der Waals surface area contributed by atoms with Crippen LogP contribution in [0, 0.1) is 0 Å². The van der Waals surface area contributed by atoms with Crippen LogP contribution >= 0.6 is 0 Å². The molecule has 2 aromatic rings.